The minimum atomic E-state index is -0.381. The van der Waals surface area contributed by atoms with Gasteiger partial charge in [-0.2, -0.15) is 0 Å². The van der Waals surface area contributed by atoms with Crippen LogP contribution in [0.25, 0.3) is 0 Å². The van der Waals surface area contributed by atoms with Crippen LogP contribution in [0, 0.1) is 5.41 Å². The number of rotatable bonds is 3. The summed E-state index contributed by atoms with van der Waals surface area (Å²) in [7, 11) is 1.90. The van der Waals surface area contributed by atoms with Crippen molar-refractivity contribution >= 4 is 5.91 Å². The Balaban J connectivity index is 2.64. The van der Waals surface area contributed by atoms with Crippen molar-refractivity contribution in [2.24, 2.45) is 12.5 Å². The number of nitrogens with zero attached hydrogens (tertiary/aromatic N) is 1. The Labute approximate surface area is 96.3 Å². The molecule has 90 valence electrons. The van der Waals surface area contributed by atoms with E-state index in [1.54, 1.807) is 0 Å². The summed E-state index contributed by atoms with van der Waals surface area (Å²) >= 11 is 0. The highest BCUT2D eigenvalue weighted by molar-refractivity contribution is 5.81. The lowest BCUT2D eigenvalue weighted by molar-refractivity contribution is -0.128. The molecule has 0 aliphatic carbocycles. The first-order chi connectivity index (χ1) is 7.34. The maximum Gasteiger partial charge on any atom is 0.225 e. The Morgan fingerprint density at radius 2 is 1.94 bits per heavy atom. The summed E-state index contributed by atoms with van der Waals surface area (Å²) in [5.41, 5.74) is 1.44. The third kappa shape index (κ3) is 3.10. The molecule has 1 aromatic rings. The Morgan fingerprint density at radius 3 is 2.44 bits per heavy atom. The standard InChI is InChI=1S/C12H20N2O2/c1-12(2,3)11(16)13-5-9-6-14(4)7-10(9)8-15/h6-7,15H,5,8H2,1-4H3,(H,13,16). The van der Waals surface area contributed by atoms with E-state index in [9.17, 15) is 4.79 Å². The molecule has 0 spiro atoms. The molecule has 0 unspecified atom stereocenters. The van der Waals surface area contributed by atoms with Crippen LogP contribution >= 0.6 is 0 Å². The Morgan fingerprint density at radius 1 is 1.38 bits per heavy atom. The fourth-order valence-corrected chi connectivity index (χ4v) is 1.44. The lowest BCUT2D eigenvalue weighted by Crippen LogP contribution is -2.34. The number of hydrogen-bond donors (Lipinski definition) is 2. The molecule has 1 heterocycles. The smallest absolute Gasteiger partial charge is 0.225 e. The minimum absolute atomic E-state index is 0.00155. The molecule has 16 heavy (non-hydrogen) atoms. The van der Waals surface area contributed by atoms with Gasteiger partial charge >= 0.3 is 0 Å². The molecule has 0 saturated heterocycles. The third-order valence-corrected chi connectivity index (χ3v) is 2.42. The van der Waals surface area contributed by atoms with Gasteiger partial charge in [0.1, 0.15) is 0 Å². The molecule has 0 fully saturated rings. The second kappa shape index (κ2) is 4.70. The second-order valence-corrected chi connectivity index (χ2v) is 5.06. The van der Waals surface area contributed by atoms with E-state index in [1.807, 2.05) is 44.8 Å². The highest BCUT2D eigenvalue weighted by Gasteiger charge is 2.20. The summed E-state index contributed by atoms with van der Waals surface area (Å²) in [6.45, 7) is 6.09. The topological polar surface area (TPSA) is 54.3 Å². The van der Waals surface area contributed by atoms with Gasteiger partial charge in [-0.3, -0.25) is 4.79 Å². The van der Waals surface area contributed by atoms with E-state index in [0.29, 0.717) is 6.54 Å². The van der Waals surface area contributed by atoms with Crippen LogP contribution in [0.15, 0.2) is 12.4 Å². The van der Waals surface area contributed by atoms with Gasteiger partial charge < -0.3 is 15.0 Å². The number of hydrogen-bond acceptors (Lipinski definition) is 2. The monoisotopic (exact) mass is 224 g/mol. The summed E-state index contributed by atoms with van der Waals surface area (Å²) < 4.78 is 1.88. The van der Waals surface area contributed by atoms with Crippen molar-refractivity contribution in [1.29, 1.82) is 0 Å². The largest absolute Gasteiger partial charge is 0.392 e. The number of carbonyl (C=O) groups excluding carboxylic acids is 1. The van der Waals surface area contributed by atoms with Gasteiger partial charge in [-0.15, -0.1) is 0 Å². The third-order valence-electron chi connectivity index (χ3n) is 2.42. The predicted octanol–water partition coefficient (Wildman–Crippen LogP) is 1.18. The van der Waals surface area contributed by atoms with E-state index < -0.39 is 0 Å². The number of aliphatic hydroxyl groups excluding tert-OH is 1. The molecule has 0 radical (unpaired) electrons. The van der Waals surface area contributed by atoms with E-state index in [4.69, 9.17) is 5.11 Å². The van der Waals surface area contributed by atoms with Crippen molar-refractivity contribution in [3.63, 3.8) is 0 Å². The SMILES string of the molecule is Cn1cc(CO)c(CNC(=O)C(C)(C)C)c1. The molecule has 0 bridgehead atoms. The van der Waals surface area contributed by atoms with E-state index in [0.717, 1.165) is 11.1 Å². The quantitative estimate of drug-likeness (QED) is 0.810. The molecule has 0 aromatic carbocycles. The van der Waals surface area contributed by atoms with E-state index in [-0.39, 0.29) is 17.9 Å². The van der Waals surface area contributed by atoms with Gasteiger partial charge in [0.15, 0.2) is 0 Å². The van der Waals surface area contributed by atoms with Crippen LogP contribution in [0.1, 0.15) is 31.9 Å². The lowest BCUT2D eigenvalue weighted by atomic mass is 9.95. The second-order valence-electron chi connectivity index (χ2n) is 5.06. The normalized spacial score (nSPS) is 11.6. The molecule has 1 amide bonds. The lowest BCUT2D eigenvalue weighted by Gasteiger charge is -2.17. The van der Waals surface area contributed by atoms with Crippen LogP contribution in [0.2, 0.25) is 0 Å². The summed E-state index contributed by atoms with van der Waals surface area (Å²) in [6.07, 6.45) is 3.77. The van der Waals surface area contributed by atoms with E-state index in [1.165, 1.54) is 0 Å². The molecule has 0 atom stereocenters. The number of aryl methyl sites for hydroxylation is 1. The van der Waals surface area contributed by atoms with Crippen LogP contribution in [0.4, 0.5) is 0 Å². The van der Waals surface area contributed by atoms with Gasteiger partial charge in [0, 0.05) is 37.0 Å². The fourth-order valence-electron chi connectivity index (χ4n) is 1.44. The van der Waals surface area contributed by atoms with Crippen molar-refractivity contribution < 1.29 is 9.90 Å². The molecule has 4 heteroatoms. The van der Waals surface area contributed by atoms with Gasteiger partial charge in [0.2, 0.25) is 5.91 Å². The van der Waals surface area contributed by atoms with Crippen molar-refractivity contribution in [3.05, 3.63) is 23.5 Å². The maximum absolute atomic E-state index is 11.7. The molecule has 0 aliphatic rings. The Hall–Kier alpha value is -1.29. The molecule has 1 rings (SSSR count). The van der Waals surface area contributed by atoms with Gasteiger partial charge in [-0.05, 0) is 5.56 Å². The van der Waals surface area contributed by atoms with Crippen LogP contribution in [-0.4, -0.2) is 15.6 Å². The van der Waals surface area contributed by atoms with Crippen molar-refractivity contribution in [3.8, 4) is 0 Å². The molecule has 1 aromatic heterocycles. The highest BCUT2D eigenvalue weighted by atomic mass is 16.3. The molecular formula is C12H20N2O2. The highest BCUT2D eigenvalue weighted by Crippen LogP contribution is 2.14. The van der Waals surface area contributed by atoms with Crippen LogP contribution in [0.3, 0.4) is 0 Å². The summed E-state index contributed by atoms with van der Waals surface area (Å²) in [4.78, 5) is 11.7. The first-order valence-electron chi connectivity index (χ1n) is 5.37. The number of carbonyl (C=O) groups is 1. The molecular weight excluding hydrogens is 204 g/mol. The zero-order valence-corrected chi connectivity index (χ0v) is 10.4. The minimum Gasteiger partial charge on any atom is -0.392 e. The van der Waals surface area contributed by atoms with Crippen molar-refractivity contribution in [1.82, 2.24) is 9.88 Å². The number of aromatic nitrogens is 1. The van der Waals surface area contributed by atoms with E-state index in [2.05, 4.69) is 5.32 Å². The maximum atomic E-state index is 11.7. The zero-order valence-electron chi connectivity index (χ0n) is 10.4. The van der Waals surface area contributed by atoms with Gasteiger partial charge in [0.05, 0.1) is 6.61 Å². The first-order valence-corrected chi connectivity index (χ1v) is 5.37. The Kier molecular flexibility index (Phi) is 3.75. The van der Waals surface area contributed by atoms with Crippen LogP contribution in [0.5, 0.6) is 0 Å². The van der Waals surface area contributed by atoms with E-state index >= 15 is 0 Å². The first kappa shape index (κ1) is 12.8. The van der Waals surface area contributed by atoms with Gasteiger partial charge in [-0.25, -0.2) is 0 Å². The van der Waals surface area contributed by atoms with Crippen LogP contribution in [-0.2, 0) is 25.0 Å². The summed E-state index contributed by atoms with van der Waals surface area (Å²) in [5.74, 6) is 0.0141. The zero-order chi connectivity index (χ0) is 12.3. The number of aliphatic hydroxyl groups is 1. The molecule has 2 N–H and O–H groups in total. The van der Waals surface area contributed by atoms with Gasteiger partial charge in [0.25, 0.3) is 0 Å². The number of nitrogens with one attached hydrogen (secondary N) is 1. The van der Waals surface area contributed by atoms with Crippen molar-refractivity contribution in [2.75, 3.05) is 0 Å². The molecule has 0 saturated carbocycles. The number of amides is 1. The predicted molar refractivity (Wildman–Crippen MR) is 62.6 cm³/mol. The van der Waals surface area contributed by atoms with Gasteiger partial charge in [-0.1, -0.05) is 20.8 Å². The van der Waals surface area contributed by atoms with Crippen LogP contribution < -0.4 is 5.32 Å². The fraction of sp³-hybridized carbons (Fsp3) is 0.583. The average Bonchev–Trinajstić information content (AvgIpc) is 2.53. The molecule has 4 nitrogen and oxygen atoms in total. The van der Waals surface area contributed by atoms with Crippen molar-refractivity contribution in [2.45, 2.75) is 33.9 Å². The summed E-state index contributed by atoms with van der Waals surface area (Å²) in [6, 6.07) is 0. The average molecular weight is 224 g/mol. The Bertz CT molecular complexity index is 375. The summed E-state index contributed by atoms with van der Waals surface area (Å²) in [5, 5.41) is 12.0. The molecule has 0 aliphatic heterocycles.